The first kappa shape index (κ1) is 10.8. The summed E-state index contributed by atoms with van der Waals surface area (Å²) in [6.07, 6.45) is 0.388. The largest absolute Gasteiger partial charge is 0.468 e. The number of hydrogen-bond acceptors (Lipinski definition) is 4. The maximum atomic E-state index is 11.0. The van der Waals surface area contributed by atoms with E-state index in [4.69, 9.17) is 5.41 Å². The van der Waals surface area contributed by atoms with Crippen molar-refractivity contribution < 1.29 is 14.3 Å². The van der Waals surface area contributed by atoms with Crippen LogP contribution in [0.3, 0.4) is 0 Å². The first-order chi connectivity index (χ1) is 5.54. The van der Waals surface area contributed by atoms with E-state index in [2.05, 4.69) is 4.74 Å². The van der Waals surface area contributed by atoms with Crippen molar-refractivity contribution in [1.29, 1.82) is 5.41 Å². The Hall–Kier alpha value is -1.19. The summed E-state index contributed by atoms with van der Waals surface area (Å²) in [6, 6.07) is 0. The first-order valence-corrected chi connectivity index (χ1v) is 3.70. The number of esters is 1. The Morgan fingerprint density at radius 3 is 2.25 bits per heavy atom. The topological polar surface area (TPSA) is 67.2 Å². The molecule has 0 fully saturated rings. The molecule has 0 aromatic heterocycles. The van der Waals surface area contributed by atoms with Crippen LogP contribution in [-0.4, -0.2) is 24.6 Å². The lowest BCUT2D eigenvalue weighted by molar-refractivity contribution is -0.146. The number of ketones is 1. The summed E-state index contributed by atoms with van der Waals surface area (Å²) in [6.45, 7) is 3.01. The fourth-order valence-electron chi connectivity index (χ4n) is 0.876. The van der Waals surface area contributed by atoms with E-state index < -0.39 is 11.9 Å². The van der Waals surface area contributed by atoms with Crippen LogP contribution < -0.4 is 0 Å². The molecule has 4 heteroatoms. The van der Waals surface area contributed by atoms with Gasteiger partial charge in [0.2, 0.25) is 0 Å². The third kappa shape index (κ3) is 2.45. The highest BCUT2D eigenvalue weighted by atomic mass is 16.5. The van der Waals surface area contributed by atoms with Crippen LogP contribution in [0.2, 0.25) is 0 Å². The van der Waals surface area contributed by atoms with Gasteiger partial charge in [-0.15, -0.1) is 0 Å². The van der Waals surface area contributed by atoms with Crippen molar-refractivity contribution in [3.63, 3.8) is 0 Å². The molecule has 0 aliphatic heterocycles. The Kier molecular flexibility index (Phi) is 4.18. The highest BCUT2D eigenvalue weighted by Crippen LogP contribution is 2.05. The Balaban J connectivity index is 4.55. The predicted molar refractivity (Wildman–Crippen MR) is 44.2 cm³/mol. The molecule has 0 aliphatic rings. The fraction of sp³-hybridized carbons (Fsp3) is 0.625. The van der Waals surface area contributed by atoms with E-state index in [1.807, 2.05) is 0 Å². The molecule has 4 nitrogen and oxygen atoms in total. The van der Waals surface area contributed by atoms with E-state index in [-0.39, 0.29) is 11.5 Å². The van der Waals surface area contributed by atoms with Gasteiger partial charge in [-0.25, -0.2) is 0 Å². The van der Waals surface area contributed by atoms with Crippen LogP contribution in [0.4, 0.5) is 0 Å². The van der Waals surface area contributed by atoms with Crippen LogP contribution in [0, 0.1) is 11.3 Å². The van der Waals surface area contributed by atoms with Crippen LogP contribution in [0.25, 0.3) is 0 Å². The van der Waals surface area contributed by atoms with Gasteiger partial charge in [0.25, 0.3) is 0 Å². The second kappa shape index (κ2) is 4.64. The molecule has 1 N–H and O–H groups in total. The van der Waals surface area contributed by atoms with Gasteiger partial charge < -0.3 is 10.1 Å². The quantitative estimate of drug-likeness (QED) is 0.386. The summed E-state index contributed by atoms with van der Waals surface area (Å²) < 4.78 is 4.40. The van der Waals surface area contributed by atoms with Crippen LogP contribution in [-0.2, 0) is 14.3 Å². The lowest BCUT2D eigenvalue weighted by Gasteiger charge is -2.10. The number of carbonyl (C=O) groups excluding carboxylic acids is 2. The second-order valence-electron chi connectivity index (χ2n) is 2.45. The molecule has 0 aromatic carbocycles. The number of Topliss-reactive ketones (excluding diaryl/α,β-unsaturated/α-hetero) is 1. The smallest absolute Gasteiger partial charge is 0.321 e. The van der Waals surface area contributed by atoms with E-state index in [1.165, 1.54) is 14.0 Å². The molecule has 1 atom stereocenters. The number of carbonyl (C=O) groups is 2. The zero-order valence-electron chi connectivity index (χ0n) is 7.51. The average molecular weight is 171 g/mol. The van der Waals surface area contributed by atoms with Gasteiger partial charge in [0.05, 0.1) is 7.11 Å². The molecule has 0 radical (unpaired) electrons. The number of ether oxygens (including phenoxy) is 1. The first-order valence-electron chi connectivity index (χ1n) is 3.70. The van der Waals surface area contributed by atoms with Crippen LogP contribution in [0.5, 0.6) is 0 Å². The molecular formula is C8H13NO3. The molecular weight excluding hydrogens is 158 g/mol. The van der Waals surface area contributed by atoms with E-state index in [1.54, 1.807) is 6.92 Å². The minimum Gasteiger partial charge on any atom is -0.468 e. The lowest BCUT2D eigenvalue weighted by atomic mass is 9.98. The molecule has 0 saturated carbocycles. The minimum absolute atomic E-state index is 0.106. The molecule has 0 rings (SSSR count). The van der Waals surface area contributed by atoms with Crippen molar-refractivity contribution in [3.8, 4) is 0 Å². The van der Waals surface area contributed by atoms with Gasteiger partial charge in [-0.3, -0.25) is 9.59 Å². The van der Waals surface area contributed by atoms with E-state index >= 15 is 0 Å². The minimum atomic E-state index is -1.00. The third-order valence-electron chi connectivity index (χ3n) is 1.57. The lowest BCUT2D eigenvalue weighted by Crippen LogP contribution is -2.30. The normalized spacial score (nSPS) is 11.9. The predicted octanol–water partition coefficient (Wildman–Crippen LogP) is 0.794. The number of methoxy groups -OCH3 is 1. The van der Waals surface area contributed by atoms with Crippen molar-refractivity contribution in [3.05, 3.63) is 0 Å². The maximum Gasteiger partial charge on any atom is 0.321 e. The molecule has 12 heavy (non-hydrogen) atoms. The Bertz CT molecular complexity index is 194. The summed E-state index contributed by atoms with van der Waals surface area (Å²) in [5.41, 5.74) is 0.106. The zero-order chi connectivity index (χ0) is 9.72. The van der Waals surface area contributed by atoms with Gasteiger partial charge in [0, 0.05) is 5.71 Å². The van der Waals surface area contributed by atoms with Crippen molar-refractivity contribution in [2.45, 2.75) is 20.3 Å². The monoisotopic (exact) mass is 171 g/mol. The summed E-state index contributed by atoms with van der Waals surface area (Å²) in [5.74, 6) is -1.98. The van der Waals surface area contributed by atoms with Crippen LogP contribution >= 0.6 is 0 Å². The summed E-state index contributed by atoms with van der Waals surface area (Å²) in [5, 5.41) is 7.34. The van der Waals surface area contributed by atoms with E-state index in [9.17, 15) is 9.59 Å². The highest BCUT2D eigenvalue weighted by molar-refractivity contribution is 6.17. The molecule has 0 aliphatic carbocycles. The second-order valence-corrected chi connectivity index (χ2v) is 2.45. The van der Waals surface area contributed by atoms with Crippen molar-refractivity contribution in [1.82, 2.24) is 0 Å². The fourth-order valence-corrected chi connectivity index (χ4v) is 0.876. The maximum absolute atomic E-state index is 11.0. The average Bonchev–Trinajstić information content (AvgIpc) is 2.03. The molecule has 0 spiro atoms. The third-order valence-corrected chi connectivity index (χ3v) is 1.57. The van der Waals surface area contributed by atoms with E-state index in [0.29, 0.717) is 6.42 Å². The highest BCUT2D eigenvalue weighted by Gasteiger charge is 2.27. The SMILES string of the molecule is CCC(=N)C(C(C)=O)C(=O)OC. The van der Waals surface area contributed by atoms with Crippen molar-refractivity contribution in [2.75, 3.05) is 7.11 Å². The van der Waals surface area contributed by atoms with Gasteiger partial charge >= 0.3 is 5.97 Å². The van der Waals surface area contributed by atoms with Gasteiger partial charge in [-0.05, 0) is 13.3 Å². The van der Waals surface area contributed by atoms with Crippen LogP contribution in [0.1, 0.15) is 20.3 Å². The molecule has 68 valence electrons. The molecule has 0 amide bonds. The summed E-state index contributed by atoms with van der Waals surface area (Å²) in [7, 11) is 1.21. The summed E-state index contributed by atoms with van der Waals surface area (Å²) >= 11 is 0. The Morgan fingerprint density at radius 1 is 1.50 bits per heavy atom. The van der Waals surface area contributed by atoms with Gasteiger partial charge in [0.1, 0.15) is 5.78 Å². The zero-order valence-corrected chi connectivity index (χ0v) is 7.51. The van der Waals surface area contributed by atoms with Crippen LogP contribution in [0.15, 0.2) is 0 Å². The molecule has 0 aromatic rings. The standard InChI is InChI=1S/C8H13NO3/c1-4-6(9)7(5(2)10)8(11)12-3/h7,9H,4H2,1-3H3. The molecule has 1 unspecified atom stereocenters. The Labute approximate surface area is 71.4 Å². The van der Waals surface area contributed by atoms with Crippen molar-refractivity contribution in [2.24, 2.45) is 5.92 Å². The molecule has 0 bridgehead atoms. The van der Waals surface area contributed by atoms with Gasteiger partial charge in [-0.2, -0.15) is 0 Å². The number of rotatable bonds is 4. The molecule has 0 saturated heterocycles. The van der Waals surface area contributed by atoms with Crippen molar-refractivity contribution >= 4 is 17.5 Å². The number of nitrogens with one attached hydrogen (secondary N) is 1. The number of hydrogen-bond donors (Lipinski definition) is 1. The summed E-state index contributed by atoms with van der Waals surface area (Å²) in [4.78, 5) is 21.9. The van der Waals surface area contributed by atoms with E-state index in [0.717, 1.165) is 0 Å². The Morgan fingerprint density at radius 2 is 2.00 bits per heavy atom. The van der Waals surface area contributed by atoms with Gasteiger partial charge in [-0.1, -0.05) is 6.92 Å². The molecule has 0 heterocycles. The van der Waals surface area contributed by atoms with Gasteiger partial charge in [0.15, 0.2) is 5.92 Å².